The first kappa shape index (κ1) is 14.9. The van der Waals surface area contributed by atoms with Crippen LogP contribution in [0.2, 0.25) is 0 Å². The minimum Gasteiger partial charge on any atom is -0.382 e. The number of hydrogen-bond donors (Lipinski definition) is 3. The molecule has 0 atom stereocenters. The van der Waals surface area contributed by atoms with Crippen LogP contribution in [0.5, 0.6) is 0 Å². The second-order valence-electron chi connectivity index (χ2n) is 5.24. The van der Waals surface area contributed by atoms with Crippen LogP contribution < -0.4 is 15.8 Å². The summed E-state index contributed by atoms with van der Waals surface area (Å²) < 4.78 is 28.8. The Morgan fingerprint density at radius 1 is 1.40 bits per heavy atom. The molecule has 7 heteroatoms. The van der Waals surface area contributed by atoms with Crippen LogP contribution in [0.3, 0.4) is 0 Å². The molecule has 1 aliphatic heterocycles. The van der Waals surface area contributed by atoms with Crippen molar-refractivity contribution in [3.05, 3.63) is 23.0 Å². The molecule has 4 N–H and O–H groups in total. The summed E-state index contributed by atoms with van der Waals surface area (Å²) in [4.78, 5) is 0. The van der Waals surface area contributed by atoms with E-state index in [1.54, 1.807) is 6.92 Å². The average Bonchev–Trinajstić information content (AvgIpc) is 2.36. The zero-order chi connectivity index (χ0) is 14.8. The highest BCUT2D eigenvalue weighted by Gasteiger charge is 2.25. The van der Waals surface area contributed by atoms with Crippen LogP contribution in [-0.2, 0) is 10.2 Å². The van der Waals surface area contributed by atoms with E-state index in [9.17, 15) is 8.42 Å². The van der Waals surface area contributed by atoms with Crippen molar-refractivity contribution in [2.24, 2.45) is 10.1 Å². The van der Waals surface area contributed by atoms with Gasteiger partial charge in [-0.15, -0.1) is 4.40 Å². The largest absolute Gasteiger partial charge is 0.382 e. The predicted molar refractivity (Wildman–Crippen MR) is 80.1 cm³/mol. The van der Waals surface area contributed by atoms with Gasteiger partial charge in [-0.25, -0.2) is 0 Å². The Morgan fingerprint density at radius 2 is 2.05 bits per heavy atom. The highest BCUT2D eigenvalue weighted by Crippen LogP contribution is 2.22. The molecule has 0 radical (unpaired) electrons. The van der Waals surface area contributed by atoms with E-state index in [4.69, 9.17) is 5.73 Å². The van der Waals surface area contributed by atoms with Gasteiger partial charge in [-0.05, 0) is 26.7 Å². The summed E-state index contributed by atoms with van der Waals surface area (Å²) in [6, 6.07) is 0.418. The highest BCUT2D eigenvalue weighted by atomic mass is 32.2. The summed E-state index contributed by atoms with van der Waals surface area (Å²) in [5, 5.41) is 3.47. The minimum atomic E-state index is -3.69. The molecule has 6 nitrogen and oxygen atoms in total. The number of nitrogens with zero attached hydrogens (tertiary/aromatic N) is 1. The lowest BCUT2D eigenvalue weighted by Crippen LogP contribution is -2.38. The van der Waals surface area contributed by atoms with E-state index in [1.807, 2.05) is 13.0 Å². The van der Waals surface area contributed by atoms with Crippen LogP contribution in [0.25, 0.3) is 0 Å². The first-order valence-corrected chi connectivity index (χ1v) is 8.39. The Hall–Kier alpha value is -1.50. The molecule has 0 amide bonds. The van der Waals surface area contributed by atoms with Crippen LogP contribution in [0.1, 0.15) is 46.0 Å². The summed E-state index contributed by atoms with van der Waals surface area (Å²) in [6.45, 7) is 3.60. The smallest absolute Gasteiger partial charge is 0.343 e. The number of rotatable bonds is 3. The Labute approximate surface area is 120 Å². The van der Waals surface area contributed by atoms with Gasteiger partial charge in [-0.2, -0.15) is 8.42 Å². The van der Waals surface area contributed by atoms with Crippen molar-refractivity contribution in [1.29, 1.82) is 0 Å². The molecule has 20 heavy (non-hydrogen) atoms. The number of nitrogens with two attached hydrogens (primary N) is 1. The fourth-order valence-electron chi connectivity index (χ4n) is 2.74. The van der Waals surface area contributed by atoms with Gasteiger partial charge in [0.15, 0.2) is 0 Å². The van der Waals surface area contributed by atoms with Gasteiger partial charge < -0.3 is 11.1 Å². The molecule has 0 unspecified atom stereocenters. The second-order valence-corrected chi connectivity index (χ2v) is 6.57. The van der Waals surface area contributed by atoms with Gasteiger partial charge >= 0.3 is 10.2 Å². The summed E-state index contributed by atoms with van der Waals surface area (Å²) in [6.07, 6.45) is 7.91. The number of amidine groups is 1. The van der Waals surface area contributed by atoms with E-state index in [0.717, 1.165) is 18.5 Å². The van der Waals surface area contributed by atoms with Crippen molar-refractivity contribution in [2.75, 3.05) is 0 Å². The van der Waals surface area contributed by atoms with Crippen LogP contribution in [0.4, 0.5) is 0 Å². The van der Waals surface area contributed by atoms with Gasteiger partial charge in [0.1, 0.15) is 5.84 Å². The minimum absolute atomic E-state index is 0.0395. The number of nitrogens with one attached hydrogen (secondary N) is 2. The molecule has 0 bridgehead atoms. The summed E-state index contributed by atoms with van der Waals surface area (Å²) >= 11 is 0. The average molecular weight is 298 g/mol. The lowest BCUT2D eigenvalue weighted by molar-refractivity contribution is 0.398. The fourth-order valence-corrected chi connectivity index (χ4v) is 3.63. The molecule has 1 heterocycles. The lowest BCUT2D eigenvalue weighted by atomic mass is 9.94. The summed E-state index contributed by atoms with van der Waals surface area (Å²) in [5.74, 6) is 0.0395. The highest BCUT2D eigenvalue weighted by molar-refractivity contribution is 7.88. The Bertz CT molecular complexity index is 569. The van der Waals surface area contributed by atoms with Crippen molar-refractivity contribution in [1.82, 2.24) is 10.0 Å². The third-order valence-electron chi connectivity index (χ3n) is 3.65. The summed E-state index contributed by atoms with van der Waals surface area (Å²) in [7, 11) is -3.69. The third-order valence-corrected chi connectivity index (χ3v) is 4.66. The van der Waals surface area contributed by atoms with Gasteiger partial charge in [0, 0.05) is 17.4 Å². The van der Waals surface area contributed by atoms with Crippen molar-refractivity contribution in [3.63, 3.8) is 0 Å². The standard InChI is InChI=1S/C13H22N4O2S/c1-3-11(15-10-7-5-4-6-8-10)12-9(2)16-20(18,19)17-13(12)14/h3,10,15-16H,4-8H2,1-2H3,(H2,14,17)/b11-3+. The molecule has 112 valence electrons. The first-order valence-electron chi connectivity index (χ1n) is 6.95. The van der Waals surface area contributed by atoms with Crippen molar-refractivity contribution in [2.45, 2.75) is 52.0 Å². The van der Waals surface area contributed by atoms with Crippen molar-refractivity contribution in [3.8, 4) is 0 Å². The van der Waals surface area contributed by atoms with Gasteiger partial charge in [0.25, 0.3) is 0 Å². The van der Waals surface area contributed by atoms with Crippen LogP contribution in [-0.4, -0.2) is 20.3 Å². The van der Waals surface area contributed by atoms with Crippen LogP contribution in [0, 0.1) is 0 Å². The Balaban J connectivity index is 2.21. The molecule has 1 saturated carbocycles. The monoisotopic (exact) mass is 298 g/mol. The molecular formula is C13H22N4O2S. The molecule has 2 aliphatic rings. The Kier molecular flexibility index (Phi) is 4.37. The molecule has 0 saturated heterocycles. The molecule has 2 rings (SSSR count). The van der Waals surface area contributed by atoms with E-state index in [1.165, 1.54) is 19.3 Å². The maximum absolute atomic E-state index is 11.5. The normalized spacial score (nSPS) is 24.1. The van der Waals surface area contributed by atoms with E-state index < -0.39 is 10.2 Å². The first-order chi connectivity index (χ1) is 9.43. The molecule has 1 fully saturated rings. The van der Waals surface area contributed by atoms with Crippen molar-refractivity contribution < 1.29 is 8.42 Å². The van der Waals surface area contributed by atoms with E-state index in [2.05, 4.69) is 14.4 Å². The fraction of sp³-hybridized carbons (Fsp3) is 0.615. The topological polar surface area (TPSA) is 96.6 Å². The number of allylic oxidation sites excluding steroid dienone is 2. The second kappa shape index (κ2) is 5.87. The molecule has 0 aromatic heterocycles. The third kappa shape index (κ3) is 3.33. The van der Waals surface area contributed by atoms with Gasteiger partial charge in [-0.1, -0.05) is 25.3 Å². The lowest BCUT2D eigenvalue weighted by Gasteiger charge is -2.28. The molecule has 1 aliphatic carbocycles. The molecule has 0 aromatic rings. The van der Waals surface area contributed by atoms with Crippen LogP contribution >= 0.6 is 0 Å². The molecule has 0 spiro atoms. The zero-order valence-electron chi connectivity index (χ0n) is 11.9. The number of hydrogen-bond acceptors (Lipinski definition) is 4. The van der Waals surface area contributed by atoms with E-state index >= 15 is 0 Å². The summed E-state index contributed by atoms with van der Waals surface area (Å²) in [5.41, 5.74) is 7.82. The quantitative estimate of drug-likeness (QED) is 0.731. The van der Waals surface area contributed by atoms with Crippen molar-refractivity contribution >= 4 is 16.0 Å². The zero-order valence-corrected chi connectivity index (χ0v) is 12.8. The molecule has 0 aromatic carbocycles. The SMILES string of the molecule is C/C=C(/NC1CCCCC1)C1=C(C)NS(=O)(=O)N=C1N. The Morgan fingerprint density at radius 3 is 2.60 bits per heavy atom. The van der Waals surface area contributed by atoms with Gasteiger partial charge in [-0.3, -0.25) is 4.72 Å². The van der Waals surface area contributed by atoms with E-state index in [-0.39, 0.29) is 5.84 Å². The predicted octanol–water partition coefficient (Wildman–Crippen LogP) is 1.29. The van der Waals surface area contributed by atoms with Gasteiger partial charge in [0.05, 0.1) is 5.57 Å². The van der Waals surface area contributed by atoms with E-state index in [0.29, 0.717) is 17.3 Å². The molecular weight excluding hydrogens is 276 g/mol. The van der Waals surface area contributed by atoms with Gasteiger partial charge in [0.2, 0.25) is 0 Å². The maximum atomic E-state index is 11.5. The maximum Gasteiger partial charge on any atom is 0.343 e. The van der Waals surface area contributed by atoms with Crippen LogP contribution in [0.15, 0.2) is 27.4 Å².